The average molecular weight is 224 g/mol. The summed E-state index contributed by atoms with van der Waals surface area (Å²) in [7, 11) is 0.174. The third-order valence-corrected chi connectivity index (χ3v) is 14.1. The minimum atomic E-state index is -0.930. The largest absolute Gasteiger partial charge is 0.102 e. The zero-order chi connectivity index (χ0) is 10.4. The van der Waals surface area contributed by atoms with Crippen molar-refractivity contribution in [1.82, 2.24) is 0 Å². The Bertz CT molecular complexity index is 246. The molecule has 14 heavy (non-hydrogen) atoms. The number of hydrogen-bond donors (Lipinski definition) is 0. The van der Waals surface area contributed by atoms with Crippen LogP contribution in [-0.2, 0) is 0 Å². The summed E-state index contributed by atoms with van der Waals surface area (Å²) in [6, 6.07) is 15.3. The van der Waals surface area contributed by atoms with Gasteiger partial charge in [0.1, 0.15) is 0 Å². The Kier molecular flexibility index (Phi) is 4.84. The number of rotatable bonds is 5. The fourth-order valence-electron chi connectivity index (χ4n) is 1.84. The zero-order valence-corrected chi connectivity index (χ0v) is 11.5. The van der Waals surface area contributed by atoms with Gasteiger partial charge in [-0.25, -0.2) is 0 Å². The van der Waals surface area contributed by atoms with Crippen molar-refractivity contribution in [3.05, 3.63) is 30.3 Å². The molecule has 0 aliphatic rings. The molecule has 0 nitrogen and oxygen atoms in total. The van der Waals surface area contributed by atoms with Gasteiger partial charge in [-0.15, -0.1) is 8.13 Å². The molecule has 0 saturated carbocycles. The number of benzene rings is 1. The van der Waals surface area contributed by atoms with Crippen LogP contribution < -0.4 is 5.30 Å². The van der Waals surface area contributed by atoms with E-state index < -0.39 is 7.74 Å². The predicted octanol–water partition coefficient (Wildman–Crippen LogP) is 4.00. The zero-order valence-electron chi connectivity index (χ0n) is 9.51. The smallest absolute Gasteiger partial charge is 0.0820 e. The number of hydrogen-bond acceptors (Lipinski definition) is 0. The second kappa shape index (κ2) is 5.68. The fourth-order valence-corrected chi connectivity index (χ4v) is 8.77. The maximum atomic E-state index is 2.38. The maximum Gasteiger partial charge on any atom is 0.0820 e. The highest BCUT2D eigenvalue weighted by molar-refractivity contribution is 7.87. The van der Waals surface area contributed by atoms with Gasteiger partial charge in [0.15, 0.2) is 0 Å². The molecule has 1 rings (SSSR count). The molecule has 0 saturated heterocycles. The van der Waals surface area contributed by atoms with Crippen LogP contribution in [0.5, 0.6) is 0 Å². The molecule has 2 heteroatoms. The first-order chi connectivity index (χ1) is 6.76. The molecular formula is C12H21PSi. The minimum Gasteiger partial charge on any atom is -0.102 e. The molecule has 0 aliphatic carbocycles. The third-order valence-electron chi connectivity index (χ3n) is 3.21. The summed E-state index contributed by atoms with van der Waals surface area (Å²) in [6.07, 6.45) is 0. The summed E-state index contributed by atoms with van der Waals surface area (Å²) >= 11 is 0. The van der Waals surface area contributed by atoms with E-state index in [1.54, 1.807) is 5.30 Å². The second-order valence-electron chi connectivity index (χ2n) is 3.83. The van der Waals surface area contributed by atoms with Crippen LogP contribution in [0.1, 0.15) is 20.8 Å². The van der Waals surface area contributed by atoms with Gasteiger partial charge in [0, 0.05) is 0 Å². The van der Waals surface area contributed by atoms with Crippen molar-refractivity contribution in [3.63, 3.8) is 0 Å². The molecular weight excluding hydrogens is 203 g/mol. The van der Waals surface area contributed by atoms with Crippen LogP contribution in [0.3, 0.4) is 0 Å². The topological polar surface area (TPSA) is 0 Å². The van der Waals surface area contributed by atoms with Crippen molar-refractivity contribution >= 4 is 21.2 Å². The molecule has 0 amide bonds. The summed E-state index contributed by atoms with van der Waals surface area (Å²) in [5.74, 6) is 0. The molecule has 1 atom stereocenters. The highest BCUT2D eigenvalue weighted by atomic mass is 31.3. The Morgan fingerprint density at radius 2 is 1.43 bits per heavy atom. The van der Waals surface area contributed by atoms with Gasteiger partial charge in [-0.2, -0.15) is 0 Å². The first kappa shape index (κ1) is 11.9. The molecule has 78 valence electrons. The normalized spacial score (nSPS) is 12.5. The maximum absolute atomic E-state index is 2.38. The van der Waals surface area contributed by atoms with Crippen molar-refractivity contribution in [3.8, 4) is 0 Å². The molecule has 0 aromatic heterocycles. The summed E-state index contributed by atoms with van der Waals surface area (Å²) < 4.78 is 0. The van der Waals surface area contributed by atoms with Gasteiger partial charge in [0.05, 0.1) is 7.74 Å². The highest BCUT2D eigenvalue weighted by Crippen LogP contribution is 2.36. The predicted molar refractivity (Wildman–Crippen MR) is 71.6 cm³/mol. The van der Waals surface area contributed by atoms with E-state index in [0.717, 1.165) is 8.13 Å². The average Bonchev–Trinajstić information content (AvgIpc) is 2.28. The molecule has 1 aromatic rings. The Hall–Kier alpha value is -0.133. The summed E-state index contributed by atoms with van der Waals surface area (Å²) in [5.41, 5.74) is 0. The molecule has 0 spiro atoms. The lowest BCUT2D eigenvalue weighted by Gasteiger charge is -2.28. The lowest BCUT2D eigenvalue weighted by Crippen LogP contribution is -2.27. The Morgan fingerprint density at radius 1 is 0.929 bits per heavy atom. The first-order valence-electron chi connectivity index (χ1n) is 5.59. The van der Waals surface area contributed by atoms with Crippen LogP contribution in [0.4, 0.5) is 0 Å². The van der Waals surface area contributed by atoms with E-state index >= 15 is 0 Å². The van der Waals surface area contributed by atoms with Gasteiger partial charge in [-0.05, 0) is 5.30 Å². The van der Waals surface area contributed by atoms with Crippen LogP contribution in [0.15, 0.2) is 30.3 Å². The summed E-state index contributed by atoms with van der Waals surface area (Å²) in [4.78, 5) is 0. The van der Waals surface area contributed by atoms with E-state index in [1.165, 1.54) is 18.1 Å². The SMILES string of the molecule is CC[Si](CC)(CC)Pc1ccccc1. The second-order valence-corrected chi connectivity index (χ2v) is 13.3. The molecule has 0 bridgehead atoms. The van der Waals surface area contributed by atoms with E-state index in [4.69, 9.17) is 0 Å². The van der Waals surface area contributed by atoms with E-state index in [2.05, 4.69) is 51.1 Å². The monoisotopic (exact) mass is 224 g/mol. The molecule has 0 radical (unpaired) electrons. The third kappa shape index (κ3) is 2.93. The van der Waals surface area contributed by atoms with E-state index in [1.807, 2.05) is 0 Å². The van der Waals surface area contributed by atoms with Crippen molar-refractivity contribution in [1.29, 1.82) is 0 Å². The molecule has 0 aliphatic heterocycles. The minimum absolute atomic E-state index is 0.930. The Balaban J connectivity index is 2.74. The van der Waals surface area contributed by atoms with Gasteiger partial charge in [-0.1, -0.05) is 69.2 Å². The fraction of sp³-hybridized carbons (Fsp3) is 0.500. The van der Waals surface area contributed by atoms with E-state index in [-0.39, 0.29) is 0 Å². The summed E-state index contributed by atoms with van der Waals surface area (Å²) in [6.45, 7) is 7.15. The lowest BCUT2D eigenvalue weighted by atomic mass is 10.4. The quantitative estimate of drug-likeness (QED) is 0.524. The van der Waals surface area contributed by atoms with Gasteiger partial charge in [-0.3, -0.25) is 0 Å². The highest BCUT2D eigenvalue weighted by Gasteiger charge is 2.26. The van der Waals surface area contributed by atoms with Crippen molar-refractivity contribution in [2.45, 2.75) is 38.9 Å². The van der Waals surface area contributed by atoms with Crippen LogP contribution in [0.25, 0.3) is 0 Å². The standard InChI is InChI=1S/C12H21PSi/c1-4-14(5-2,6-3)13-12-10-8-7-9-11-12/h7-11,13H,4-6H2,1-3H3. The van der Waals surface area contributed by atoms with E-state index in [9.17, 15) is 0 Å². The van der Waals surface area contributed by atoms with Gasteiger partial charge in [0.25, 0.3) is 0 Å². The lowest BCUT2D eigenvalue weighted by molar-refractivity contribution is 1.22. The summed E-state index contributed by atoms with van der Waals surface area (Å²) in [5, 5.41) is 1.57. The van der Waals surface area contributed by atoms with Gasteiger partial charge < -0.3 is 0 Å². The van der Waals surface area contributed by atoms with Crippen molar-refractivity contribution in [2.24, 2.45) is 0 Å². The molecule has 1 unspecified atom stereocenters. The Labute approximate surface area is 90.8 Å². The molecule has 1 aromatic carbocycles. The first-order valence-corrected chi connectivity index (χ1v) is 10.2. The van der Waals surface area contributed by atoms with Crippen LogP contribution in [0.2, 0.25) is 18.1 Å². The van der Waals surface area contributed by atoms with Crippen LogP contribution >= 0.6 is 8.13 Å². The van der Waals surface area contributed by atoms with Crippen LogP contribution in [-0.4, -0.2) is 7.74 Å². The van der Waals surface area contributed by atoms with Crippen molar-refractivity contribution in [2.75, 3.05) is 0 Å². The Morgan fingerprint density at radius 3 is 1.86 bits per heavy atom. The molecule has 0 N–H and O–H groups in total. The van der Waals surface area contributed by atoms with E-state index in [0.29, 0.717) is 0 Å². The molecule has 0 heterocycles. The van der Waals surface area contributed by atoms with Crippen molar-refractivity contribution < 1.29 is 0 Å². The molecule has 0 fully saturated rings. The van der Waals surface area contributed by atoms with Gasteiger partial charge in [0.2, 0.25) is 0 Å². The van der Waals surface area contributed by atoms with Gasteiger partial charge >= 0.3 is 0 Å². The van der Waals surface area contributed by atoms with Crippen LogP contribution in [0, 0.1) is 0 Å².